The van der Waals surface area contributed by atoms with Gasteiger partial charge in [0.25, 0.3) is 0 Å². The minimum Gasteiger partial charge on any atom is -0.338 e. The first-order valence-corrected chi connectivity index (χ1v) is 8.21. The standard InChI is InChI=1S/C17H20F3N3O/c1-2-14-8-3-4-9-23(14)11-15-21-16(22-24-15)12-6-5-7-13(10-12)17(18,19)20/h5-7,10,14H,2-4,8-9,11H2,1H3. The monoisotopic (exact) mass is 339 g/mol. The lowest BCUT2D eigenvalue weighted by atomic mass is 10.0. The van der Waals surface area contributed by atoms with Crippen molar-refractivity contribution in [2.24, 2.45) is 0 Å². The number of benzene rings is 1. The van der Waals surface area contributed by atoms with Gasteiger partial charge in [-0.3, -0.25) is 4.90 Å². The zero-order valence-corrected chi connectivity index (χ0v) is 13.5. The highest BCUT2D eigenvalue weighted by Gasteiger charge is 2.31. The number of aromatic nitrogens is 2. The molecule has 0 bridgehead atoms. The number of halogens is 3. The summed E-state index contributed by atoms with van der Waals surface area (Å²) >= 11 is 0. The molecule has 0 saturated carbocycles. The average molecular weight is 339 g/mol. The second-order valence-electron chi connectivity index (χ2n) is 6.12. The Balaban J connectivity index is 1.76. The molecule has 2 heterocycles. The summed E-state index contributed by atoms with van der Waals surface area (Å²) in [7, 11) is 0. The Kier molecular flexibility index (Phi) is 4.89. The van der Waals surface area contributed by atoms with E-state index in [0.29, 0.717) is 24.0 Å². The third kappa shape index (κ3) is 3.77. The van der Waals surface area contributed by atoms with E-state index in [1.54, 1.807) is 6.07 Å². The number of piperidine rings is 1. The predicted molar refractivity (Wildman–Crippen MR) is 83.1 cm³/mol. The maximum atomic E-state index is 12.8. The molecule has 0 amide bonds. The molecule has 130 valence electrons. The number of rotatable bonds is 4. The van der Waals surface area contributed by atoms with Crippen LogP contribution in [0.25, 0.3) is 11.4 Å². The van der Waals surface area contributed by atoms with Crippen molar-refractivity contribution in [2.75, 3.05) is 6.54 Å². The highest BCUT2D eigenvalue weighted by Crippen LogP contribution is 2.31. The van der Waals surface area contributed by atoms with E-state index in [4.69, 9.17) is 4.52 Å². The van der Waals surface area contributed by atoms with E-state index in [1.165, 1.54) is 12.5 Å². The zero-order chi connectivity index (χ0) is 17.2. The molecular weight excluding hydrogens is 319 g/mol. The number of likely N-dealkylation sites (tertiary alicyclic amines) is 1. The molecule has 4 nitrogen and oxygen atoms in total. The molecule has 1 aliphatic rings. The second-order valence-corrected chi connectivity index (χ2v) is 6.12. The van der Waals surface area contributed by atoms with Crippen LogP contribution in [0.5, 0.6) is 0 Å². The van der Waals surface area contributed by atoms with Gasteiger partial charge in [0.05, 0.1) is 12.1 Å². The molecule has 0 radical (unpaired) electrons. The van der Waals surface area contributed by atoms with Crippen molar-refractivity contribution in [2.45, 2.75) is 51.4 Å². The van der Waals surface area contributed by atoms with Gasteiger partial charge in [0.15, 0.2) is 0 Å². The third-order valence-corrected chi connectivity index (χ3v) is 4.47. The number of nitrogens with zero attached hydrogens (tertiary/aromatic N) is 3. The Morgan fingerprint density at radius 1 is 1.29 bits per heavy atom. The minimum absolute atomic E-state index is 0.196. The van der Waals surface area contributed by atoms with Crippen LogP contribution in [0, 0.1) is 0 Å². The van der Waals surface area contributed by atoms with Crippen molar-refractivity contribution in [3.8, 4) is 11.4 Å². The van der Waals surface area contributed by atoms with Gasteiger partial charge in [0.1, 0.15) is 0 Å². The Labute approximate surface area is 138 Å². The highest BCUT2D eigenvalue weighted by atomic mass is 19.4. The molecule has 0 N–H and O–H groups in total. The Morgan fingerprint density at radius 2 is 2.12 bits per heavy atom. The summed E-state index contributed by atoms with van der Waals surface area (Å²) in [6, 6.07) is 5.49. The summed E-state index contributed by atoms with van der Waals surface area (Å²) in [5.41, 5.74) is -0.404. The molecule has 1 fully saturated rings. The zero-order valence-electron chi connectivity index (χ0n) is 13.5. The molecule has 1 aromatic heterocycles. The van der Waals surface area contributed by atoms with E-state index in [2.05, 4.69) is 22.0 Å². The first kappa shape index (κ1) is 17.0. The molecule has 1 aromatic carbocycles. The van der Waals surface area contributed by atoms with E-state index in [1.807, 2.05) is 0 Å². The summed E-state index contributed by atoms with van der Waals surface area (Å²) in [6.45, 7) is 3.69. The largest absolute Gasteiger partial charge is 0.416 e. The van der Waals surface area contributed by atoms with Gasteiger partial charge in [-0.05, 0) is 37.9 Å². The smallest absolute Gasteiger partial charge is 0.338 e. The number of alkyl halides is 3. The number of hydrogen-bond acceptors (Lipinski definition) is 4. The van der Waals surface area contributed by atoms with Crippen molar-refractivity contribution in [1.82, 2.24) is 15.0 Å². The summed E-state index contributed by atoms with van der Waals surface area (Å²) < 4.78 is 43.7. The van der Waals surface area contributed by atoms with Gasteiger partial charge < -0.3 is 4.52 Å². The summed E-state index contributed by atoms with van der Waals surface area (Å²) in [5, 5.41) is 3.85. The normalized spacial score (nSPS) is 19.6. The minimum atomic E-state index is -4.38. The van der Waals surface area contributed by atoms with Gasteiger partial charge >= 0.3 is 6.18 Å². The molecule has 1 unspecified atom stereocenters. The molecular formula is C17H20F3N3O. The number of hydrogen-bond donors (Lipinski definition) is 0. The van der Waals surface area contributed by atoms with Crippen LogP contribution in [0.4, 0.5) is 13.2 Å². The van der Waals surface area contributed by atoms with Gasteiger partial charge in [0, 0.05) is 11.6 Å². The lowest BCUT2D eigenvalue weighted by Gasteiger charge is -2.33. The molecule has 3 rings (SSSR count). The van der Waals surface area contributed by atoms with Crippen LogP contribution >= 0.6 is 0 Å². The molecule has 7 heteroatoms. The predicted octanol–water partition coefficient (Wildman–Crippen LogP) is 4.52. The van der Waals surface area contributed by atoms with Crippen LogP contribution in [0.15, 0.2) is 28.8 Å². The molecule has 1 atom stereocenters. The van der Waals surface area contributed by atoms with Crippen LogP contribution in [0.1, 0.15) is 44.1 Å². The van der Waals surface area contributed by atoms with E-state index in [-0.39, 0.29) is 5.82 Å². The lowest BCUT2D eigenvalue weighted by molar-refractivity contribution is -0.137. The van der Waals surface area contributed by atoms with Crippen LogP contribution in [0.3, 0.4) is 0 Å². The third-order valence-electron chi connectivity index (χ3n) is 4.47. The summed E-state index contributed by atoms with van der Waals surface area (Å²) in [4.78, 5) is 6.59. The van der Waals surface area contributed by atoms with E-state index in [0.717, 1.165) is 37.9 Å². The van der Waals surface area contributed by atoms with Crippen molar-refractivity contribution in [3.63, 3.8) is 0 Å². The molecule has 24 heavy (non-hydrogen) atoms. The summed E-state index contributed by atoms with van der Waals surface area (Å²) in [5.74, 6) is 0.643. The lowest BCUT2D eigenvalue weighted by Crippen LogP contribution is -2.38. The van der Waals surface area contributed by atoms with Crippen molar-refractivity contribution in [3.05, 3.63) is 35.7 Å². The van der Waals surface area contributed by atoms with E-state index < -0.39 is 11.7 Å². The van der Waals surface area contributed by atoms with Gasteiger partial charge in [-0.25, -0.2) is 0 Å². The van der Waals surface area contributed by atoms with Gasteiger partial charge in [-0.15, -0.1) is 0 Å². The quantitative estimate of drug-likeness (QED) is 0.821. The maximum Gasteiger partial charge on any atom is 0.416 e. The van der Waals surface area contributed by atoms with E-state index >= 15 is 0 Å². The highest BCUT2D eigenvalue weighted by molar-refractivity contribution is 5.55. The first-order chi connectivity index (χ1) is 11.5. The maximum absolute atomic E-state index is 12.8. The summed E-state index contributed by atoms with van der Waals surface area (Å²) in [6.07, 6.45) is 0.212. The molecule has 2 aromatic rings. The van der Waals surface area contributed by atoms with E-state index in [9.17, 15) is 13.2 Å². The fourth-order valence-corrected chi connectivity index (χ4v) is 3.18. The Morgan fingerprint density at radius 3 is 2.88 bits per heavy atom. The topological polar surface area (TPSA) is 42.2 Å². The van der Waals surface area contributed by atoms with Crippen LogP contribution in [-0.4, -0.2) is 27.6 Å². The van der Waals surface area contributed by atoms with Crippen molar-refractivity contribution >= 4 is 0 Å². The van der Waals surface area contributed by atoms with Gasteiger partial charge in [-0.1, -0.05) is 30.6 Å². The van der Waals surface area contributed by atoms with Gasteiger partial charge in [-0.2, -0.15) is 18.2 Å². The first-order valence-electron chi connectivity index (χ1n) is 8.21. The molecule has 1 saturated heterocycles. The fraction of sp³-hybridized carbons (Fsp3) is 0.529. The van der Waals surface area contributed by atoms with Crippen molar-refractivity contribution in [1.29, 1.82) is 0 Å². The average Bonchev–Trinajstić information content (AvgIpc) is 3.03. The van der Waals surface area contributed by atoms with Crippen molar-refractivity contribution < 1.29 is 17.7 Å². The molecule has 0 spiro atoms. The van der Waals surface area contributed by atoms with Gasteiger partial charge in [0.2, 0.25) is 11.7 Å². The molecule has 0 aliphatic carbocycles. The van der Waals surface area contributed by atoms with Crippen LogP contribution in [-0.2, 0) is 12.7 Å². The SMILES string of the molecule is CCC1CCCCN1Cc1nc(-c2cccc(C(F)(F)F)c2)no1. The Hall–Kier alpha value is -1.89. The second kappa shape index (κ2) is 6.93. The Bertz CT molecular complexity index is 684. The molecule has 1 aliphatic heterocycles. The fourth-order valence-electron chi connectivity index (χ4n) is 3.18. The van der Waals surface area contributed by atoms with Crippen LogP contribution < -0.4 is 0 Å². The van der Waals surface area contributed by atoms with Crippen LogP contribution in [0.2, 0.25) is 0 Å².